The fourth-order valence-electron chi connectivity index (χ4n) is 2.30. The molecule has 0 saturated carbocycles. The lowest BCUT2D eigenvalue weighted by atomic mass is 10.0. The molecule has 0 aliphatic carbocycles. The first-order chi connectivity index (χ1) is 11.7. The smallest absolute Gasteiger partial charge is 0.306 e. The molecule has 4 nitrogen and oxygen atoms in total. The van der Waals surface area contributed by atoms with Crippen LogP contribution in [0.5, 0.6) is 5.88 Å². The molecule has 0 amide bonds. The highest BCUT2D eigenvalue weighted by molar-refractivity contribution is 6.29. The molecule has 25 heavy (non-hydrogen) atoms. The zero-order chi connectivity index (χ0) is 18.6. The van der Waals surface area contributed by atoms with Gasteiger partial charge in [-0.1, -0.05) is 23.7 Å². The number of ether oxygens (including phenoxy) is 2. The molecule has 0 radical (unpaired) electrons. The van der Waals surface area contributed by atoms with Crippen LogP contribution < -0.4 is 4.74 Å². The van der Waals surface area contributed by atoms with Gasteiger partial charge in [-0.2, -0.15) is 0 Å². The van der Waals surface area contributed by atoms with E-state index in [0.717, 1.165) is 0 Å². The Morgan fingerprint density at radius 2 is 1.92 bits per heavy atom. The van der Waals surface area contributed by atoms with E-state index in [1.165, 1.54) is 13.2 Å². The number of methoxy groups -OCH3 is 1. The van der Waals surface area contributed by atoms with Gasteiger partial charge in [0.05, 0.1) is 7.11 Å². The number of pyridine rings is 1. The van der Waals surface area contributed by atoms with Crippen LogP contribution >= 0.6 is 11.6 Å². The summed E-state index contributed by atoms with van der Waals surface area (Å²) in [4.78, 5) is 15.8. The number of halogens is 2. The Morgan fingerprint density at radius 1 is 1.20 bits per heavy atom. The fourth-order valence-corrected chi connectivity index (χ4v) is 2.50. The fraction of sp³-hybridized carbons (Fsp3) is 0.368. The topological polar surface area (TPSA) is 48.4 Å². The Labute approximate surface area is 151 Å². The first kappa shape index (κ1) is 19.2. The lowest BCUT2D eigenvalue weighted by Gasteiger charge is -2.19. The van der Waals surface area contributed by atoms with E-state index in [1.54, 1.807) is 45.0 Å². The van der Waals surface area contributed by atoms with Crippen LogP contribution in [-0.4, -0.2) is 23.7 Å². The maximum Gasteiger partial charge on any atom is 0.306 e. The number of esters is 1. The van der Waals surface area contributed by atoms with E-state index in [9.17, 15) is 9.18 Å². The summed E-state index contributed by atoms with van der Waals surface area (Å²) in [5.41, 5.74) is 1.27. The quantitative estimate of drug-likeness (QED) is 0.562. The predicted molar refractivity (Wildman–Crippen MR) is 95.4 cm³/mol. The molecule has 1 heterocycles. The Balaban J connectivity index is 2.13. The molecule has 2 rings (SSSR count). The van der Waals surface area contributed by atoms with Crippen LogP contribution in [0.3, 0.4) is 0 Å². The molecule has 2 aromatic rings. The van der Waals surface area contributed by atoms with Crippen molar-refractivity contribution < 1.29 is 18.7 Å². The van der Waals surface area contributed by atoms with Crippen molar-refractivity contribution in [2.75, 3.05) is 7.11 Å². The molecule has 0 N–H and O–H groups in total. The number of carbonyl (C=O) groups excluding carboxylic acids is 1. The van der Waals surface area contributed by atoms with Crippen molar-refractivity contribution in [3.63, 3.8) is 0 Å². The lowest BCUT2D eigenvalue weighted by molar-refractivity contribution is -0.154. The lowest BCUT2D eigenvalue weighted by Crippen LogP contribution is -2.24. The Bertz CT molecular complexity index is 772. The molecule has 0 saturated heterocycles. The van der Waals surface area contributed by atoms with Gasteiger partial charge in [0.2, 0.25) is 5.88 Å². The zero-order valence-corrected chi connectivity index (χ0v) is 15.5. The Morgan fingerprint density at radius 3 is 2.52 bits per heavy atom. The van der Waals surface area contributed by atoms with E-state index in [1.807, 2.05) is 0 Å². The van der Waals surface area contributed by atoms with E-state index in [0.29, 0.717) is 22.6 Å². The second kappa shape index (κ2) is 7.83. The third kappa shape index (κ3) is 5.71. The molecule has 1 aromatic carbocycles. The number of benzene rings is 1. The molecule has 0 atom stereocenters. The summed E-state index contributed by atoms with van der Waals surface area (Å²) in [6, 6.07) is 8.17. The highest BCUT2D eigenvalue weighted by atomic mass is 35.5. The van der Waals surface area contributed by atoms with Gasteiger partial charge >= 0.3 is 5.97 Å². The maximum atomic E-state index is 14.4. The van der Waals surface area contributed by atoms with Crippen LogP contribution in [-0.2, 0) is 16.0 Å². The van der Waals surface area contributed by atoms with Gasteiger partial charge in [-0.25, -0.2) is 9.37 Å². The molecular weight excluding hydrogens is 345 g/mol. The van der Waals surface area contributed by atoms with Crippen LogP contribution in [0.4, 0.5) is 4.39 Å². The van der Waals surface area contributed by atoms with E-state index in [2.05, 4.69) is 4.98 Å². The number of aryl methyl sites for hydroxylation is 1. The number of hydrogen-bond acceptors (Lipinski definition) is 4. The molecule has 0 spiro atoms. The van der Waals surface area contributed by atoms with Crippen molar-refractivity contribution >= 4 is 17.6 Å². The summed E-state index contributed by atoms with van der Waals surface area (Å²) < 4.78 is 24.7. The van der Waals surface area contributed by atoms with E-state index in [-0.39, 0.29) is 29.8 Å². The van der Waals surface area contributed by atoms with Crippen LogP contribution in [0.25, 0.3) is 11.1 Å². The minimum Gasteiger partial charge on any atom is -0.481 e. The van der Waals surface area contributed by atoms with Gasteiger partial charge in [-0.3, -0.25) is 4.79 Å². The number of rotatable bonds is 5. The van der Waals surface area contributed by atoms with Crippen molar-refractivity contribution in [2.24, 2.45) is 0 Å². The van der Waals surface area contributed by atoms with Gasteiger partial charge in [0.1, 0.15) is 16.6 Å². The summed E-state index contributed by atoms with van der Waals surface area (Å²) in [5.74, 6) is -0.369. The number of carbonyl (C=O) groups is 1. The average Bonchev–Trinajstić information content (AvgIpc) is 2.51. The molecule has 0 fully saturated rings. The summed E-state index contributed by atoms with van der Waals surface area (Å²) in [6.07, 6.45) is 0.407. The van der Waals surface area contributed by atoms with Gasteiger partial charge < -0.3 is 9.47 Å². The Hall–Kier alpha value is -2.14. The second-order valence-corrected chi connectivity index (χ2v) is 7.00. The van der Waals surface area contributed by atoms with E-state index in [4.69, 9.17) is 21.1 Å². The summed E-state index contributed by atoms with van der Waals surface area (Å²) >= 11 is 5.95. The van der Waals surface area contributed by atoms with Gasteiger partial charge in [0.25, 0.3) is 0 Å². The predicted octanol–water partition coefficient (Wildman–Crippen LogP) is 4.82. The van der Waals surface area contributed by atoms with Crippen LogP contribution in [0.15, 0.2) is 30.3 Å². The summed E-state index contributed by atoms with van der Waals surface area (Å²) in [7, 11) is 1.49. The first-order valence-corrected chi connectivity index (χ1v) is 8.28. The van der Waals surface area contributed by atoms with E-state index < -0.39 is 5.60 Å². The SMILES string of the molecule is COc1cc(-c2ccc(CCC(=O)OC(C)(C)C)c(F)c2)cc(Cl)n1. The Kier molecular flexibility index (Phi) is 6.01. The molecule has 6 heteroatoms. The molecule has 1 aromatic heterocycles. The van der Waals surface area contributed by atoms with Crippen LogP contribution in [0, 0.1) is 5.82 Å². The van der Waals surface area contributed by atoms with Crippen molar-refractivity contribution in [3.05, 3.63) is 46.9 Å². The van der Waals surface area contributed by atoms with Crippen LogP contribution in [0.1, 0.15) is 32.8 Å². The zero-order valence-electron chi connectivity index (χ0n) is 14.7. The molecule has 134 valence electrons. The van der Waals surface area contributed by atoms with Gasteiger partial charge in [-0.05, 0) is 56.0 Å². The number of aromatic nitrogens is 1. The van der Waals surface area contributed by atoms with E-state index >= 15 is 0 Å². The van der Waals surface area contributed by atoms with Gasteiger partial charge in [0, 0.05) is 12.5 Å². The highest BCUT2D eigenvalue weighted by Crippen LogP contribution is 2.27. The average molecular weight is 366 g/mol. The minimum absolute atomic E-state index is 0.127. The second-order valence-electron chi connectivity index (χ2n) is 6.61. The minimum atomic E-state index is -0.543. The molecular formula is C19H21ClFNO3. The number of hydrogen-bond donors (Lipinski definition) is 0. The van der Waals surface area contributed by atoms with Crippen molar-refractivity contribution in [1.82, 2.24) is 4.98 Å². The number of nitrogens with zero attached hydrogens (tertiary/aromatic N) is 1. The summed E-state index contributed by atoms with van der Waals surface area (Å²) in [5, 5.41) is 0.267. The third-order valence-corrected chi connectivity index (χ3v) is 3.58. The molecule has 0 unspecified atom stereocenters. The molecule has 0 aliphatic heterocycles. The van der Waals surface area contributed by atoms with Crippen molar-refractivity contribution in [1.29, 1.82) is 0 Å². The van der Waals surface area contributed by atoms with Crippen molar-refractivity contribution in [3.8, 4) is 17.0 Å². The monoisotopic (exact) mass is 365 g/mol. The normalized spacial score (nSPS) is 11.3. The first-order valence-electron chi connectivity index (χ1n) is 7.90. The maximum absolute atomic E-state index is 14.4. The largest absolute Gasteiger partial charge is 0.481 e. The van der Waals surface area contributed by atoms with Crippen LogP contribution in [0.2, 0.25) is 5.15 Å². The van der Waals surface area contributed by atoms with Crippen molar-refractivity contribution in [2.45, 2.75) is 39.2 Å². The van der Waals surface area contributed by atoms with Gasteiger partial charge in [-0.15, -0.1) is 0 Å². The molecule has 0 bridgehead atoms. The summed E-state index contributed by atoms with van der Waals surface area (Å²) in [6.45, 7) is 5.40. The van der Waals surface area contributed by atoms with Gasteiger partial charge in [0.15, 0.2) is 0 Å². The highest BCUT2D eigenvalue weighted by Gasteiger charge is 2.17. The molecule has 0 aliphatic rings. The third-order valence-electron chi connectivity index (χ3n) is 3.38. The standard InChI is InChI=1S/C19H21ClFNO3/c1-19(2,3)25-18(23)8-7-12-5-6-13(9-15(12)21)14-10-16(20)22-17(11-14)24-4/h5-6,9-11H,7-8H2,1-4H3.